The number of rotatable bonds is 5. The van der Waals surface area contributed by atoms with Gasteiger partial charge in [0.25, 0.3) is 0 Å². The molecule has 1 aliphatic rings. The van der Waals surface area contributed by atoms with Crippen LogP contribution >= 0.6 is 0 Å². The molecule has 0 fully saturated rings. The molecule has 3 rings (SSSR count). The first-order chi connectivity index (χ1) is 11.6. The van der Waals surface area contributed by atoms with Crippen molar-refractivity contribution in [2.75, 3.05) is 12.1 Å². The molecule has 0 aromatic heterocycles. The zero-order valence-corrected chi connectivity index (χ0v) is 12.7. The highest BCUT2D eigenvalue weighted by Crippen LogP contribution is 2.32. The molecule has 2 amide bonds. The summed E-state index contributed by atoms with van der Waals surface area (Å²) in [5.41, 5.74) is 1.27. The van der Waals surface area contributed by atoms with Gasteiger partial charge in [-0.15, -0.1) is 0 Å². The van der Waals surface area contributed by atoms with Crippen LogP contribution in [0.1, 0.15) is 12.0 Å². The molecule has 0 radical (unpaired) electrons. The monoisotopic (exact) mass is 330 g/mol. The average Bonchev–Trinajstić information content (AvgIpc) is 3.02. The predicted molar refractivity (Wildman–Crippen MR) is 84.1 cm³/mol. The quantitative estimate of drug-likeness (QED) is 0.824. The van der Waals surface area contributed by atoms with Crippen LogP contribution in [0.15, 0.2) is 42.5 Å². The van der Waals surface area contributed by atoms with Crippen molar-refractivity contribution in [3.63, 3.8) is 0 Å². The van der Waals surface area contributed by atoms with Gasteiger partial charge in [0.1, 0.15) is 12.2 Å². The minimum absolute atomic E-state index is 0.189. The highest BCUT2D eigenvalue weighted by molar-refractivity contribution is 6.03. The maximum atomic E-state index is 12.8. The summed E-state index contributed by atoms with van der Waals surface area (Å²) in [5, 5.41) is 5.19. The number of ether oxygens (including phenoxy) is 2. The van der Waals surface area contributed by atoms with Crippen molar-refractivity contribution in [1.29, 1.82) is 0 Å². The molecule has 0 aliphatic carbocycles. The summed E-state index contributed by atoms with van der Waals surface area (Å²) in [4.78, 5) is 23.6. The highest BCUT2D eigenvalue weighted by atomic mass is 19.1. The zero-order valence-electron chi connectivity index (χ0n) is 12.7. The average molecular weight is 330 g/mol. The first-order valence-corrected chi connectivity index (χ1v) is 7.31. The number of hydrogen-bond acceptors (Lipinski definition) is 4. The van der Waals surface area contributed by atoms with Crippen LogP contribution in [0.5, 0.6) is 11.5 Å². The second-order valence-corrected chi connectivity index (χ2v) is 5.20. The molecule has 0 atom stereocenters. The first-order valence-electron chi connectivity index (χ1n) is 7.31. The van der Waals surface area contributed by atoms with Crippen molar-refractivity contribution in [2.24, 2.45) is 0 Å². The Morgan fingerprint density at radius 2 is 1.75 bits per heavy atom. The van der Waals surface area contributed by atoms with Crippen LogP contribution in [0.3, 0.4) is 0 Å². The van der Waals surface area contributed by atoms with Gasteiger partial charge in [-0.3, -0.25) is 9.59 Å². The molecule has 2 aromatic rings. The van der Waals surface area contributed by atoms with E-state index in [1.807, 2.05) is 6.07 Å². The lowest BCUT2D eigenvalue weighted by Crippen LogP contribution is -2.27. The second kappa shape index (κ2) is 6.99. The van der Waals surface area contributed by atoms with Crippen LogP contribution in [-0.4, -0.2) is 18.6 Å². The SMILES string of the molecule is O=C(CC(=O)Nc1ccc(F)cc1)NCc1ccc2c(c1)OCO2. The molecule has 1 heterocycles. The third kappa shape index (κ3) is 4.01. The van der Waals surface area contributed by atoms with Gasteiger partial charge in [0.15, 0.2) is 11.5 Å². The third-order valence-corrected chi connectivity index (χ3v) is 3.38. The van der Waals surface area contributed by atoms with Gasteiger partial charge in [0.2, 0.25) is 18.6 Å². The molecule has 6 nitrogen and oxygen atoms in total. The maximum Gasteiger partial charge on any atom is 0.233 e. The number of nitrogens with one attached hydrogen (secondary N) is 2. The fourth-order valence-electron chi connectivity index (χ4n) is 2.20. The lowest BCUT2D eigenvalue weighted by Gasteiger charge is -2.07. The Hall–Kier alpha value is -3.09. The molecular weight excluding hydrogens is 315 g/mol. The van der Waals surface area contributed by atoms with Crippen LogP contribution in [0.25, 0.3) is 0 Å². The molecular formula is C17H15FN2O4. The van der Waals surface area contributed by atoms with E-state index in [4.69, 9.17) is 9.47 Å². The zero-order chi connectivity index (χ0) is 16.9. The van der Waals surface area contributed by atoms with Crippen molar-refractivity contribution >= 4 is 17.5 Å². The summed E-state index contributed by atoms with van der Waals surface area (Å²) >= 11 is 0. The fourth-order valence-corrected chi connectivity index (χ4v) is 2.20. The largest absolute Gasteiger partial charge is 0.454 e. The van der Waals surface area contributed by atoms with Gasteiger partial charge in [0, 0.05) is 12.2 Å². The van der Waals surface area contributed by atoms with E-state index in [0.717, 1.165) is 5.56 Å². The van der Waals surface area contributed by atoms with Crippen molar-refractivity contribution in [3.8, 4) is 11.5 Å². The van der Waals surface area contributed by atoms with Crippen LogP contribution in [0.2, 0.25) is 0 Å². The molecule has 7 heteroatoms. The summed E-state index contributed by atoms with van der Waals surface area (Å²) in [7, 11) is 0. The molecule has 1 aliphatic heterocycles. The van der Waals surface area contributed by atoms with Gasteiger partial charge in [-0.1, -0.05) is 6.07 Å². The fraction of sp³-hybridized carbons (Fsp3) is 0.176. The Morgan fingerprint density at radius 1 is 1.00 bits per heavy atom. The van der Waals surface area contributed by atoms with Gasteiger partial charge in [-0.2, -0.15) is 0 Å². The Morgan fingerprint density at radius 3 is 2.54 bits per heavy atom. The molecule has 0 saturated carbocycles. The molecule has 0 bridgehead atoms. The number of anilines is 1. The second-order valence-electron chi connectivity index (χ2n) is 5.20. The van der Waals surface area contributed by atoms with Crippen LogP contribution < -0.4 is 20.1 Å². The van der Waals surface area contributed by atoms with E-state index in [1.54, 1.807) is 12.1 Å². The topological polar surface area (TPSA) is 76.7 Å². The molecule has 0 saturated heterocycles. The van der Waals surface area contributed by atoms with Gasteiger partial charge in [-0.25, -0.2) is 4.39 Å². The lowest BCUT2D eigenvalue weighted by molar-refractivity contribution is -0.126. The minimum Gasteiger partial charge on any atom is -0.454 e. The van der Waals surface area contributed by atoms with Crippen molar-refractivity contribution in [3.05, 3.63) is 53.8 Å². The summed E-state index contributed by atoms with van der Waals surface area (Å²) in [5.74, 6) is 0.0334. The molecule has 0 spiro atoms. The van der Waals surface area contributed by atoms with E-state index in [9.17, 15) is 14.0 Å². The van der Waals surface area contributed by atoms with Crippen molar-refractivity contribution in [1.82, 2.24) is 5.32 Å². The number of carbonyl (C=O) groups excluding carboxylic acids is 2. The standard InChI is InChI=1S/C17H15FN2O4/c18-12-2-4-13(5-3-12)20-17(22)8-16(21)19-9-11-1-6-14-15(7-11)24-10-23-14/h1-7H,8-10H2,(H,19,21)(H,20,22). The summed E-state index contributed by atoms with van der Waals surface area (Å²) < 4.78 is 23.3. The minimum atomic E-state index is -0.468. The molecule has 124 valence electrons. The number of fused-ring (bicyclic) bond motifs is 1. The lowest BCUT2D eigenvalue weighted by atomic mass is 10.2. The number of amides is 2. The van der Waals surface area contributed by atoms with E-state index >= 15 is 0 Å². The molecule has 2 aromatic carbocycles. The Kier molecular flexibility index (Phi) is 4.60. The summed E-state index contributed by atoms with van der Waals surface area (Å²) in [6.07, 6.45) is -0.318. The Balaban J connectivity index is 1.46. The van der Waals surface area contributed by atoms with Crippen molar-refractivity contribution in [2.45, 2.75) is 13.0 Å². The molecule has 0 unspecified atom stereocenters. The highest BCUT2D eigenvalue weighted by Gasteiger charge is 2.14. The number of hydrogen-bond donors (Lipinski definition) is 2. The van der Waals surface area contributed by atoms with E-state index in [1.165, 1.54) is 24.3 Å². The Labute approximate surface area is 137 Å². The van der Waals surface area contributed by atoms with Crippen LogP contribution in [0.4, 0.5) is 10.1 Å². The number of benzene rings is 2. The van der Waals surface area contributed by atoms with Crippen LogP contribution in [0, 0.1) is 5.82 Å². The van der Waals surface area contributed by atoms with E-state index in [0.29, 0.717) is 17.2 Å². The van der Waals surface area contributed by atoms with E-state index < -0.39 is 17.6 Å². The van der Waals surface area contributed by atoms with Crippen LogP contribution in [-0.2, 0) is 16.1 Å². The summed E-state index contributed by atoms with van der Waals surface area (Å²) in [6.45, 7) is 0.466. The Bertz CT molecular complexity index is 762. The number of halogens is 1. The smallest absolute Gasteiger partial charge is 0.233 e. The maximum absolute atomic E-state index is 12.8. The van der Waals surface area contributed by atoms with Gasteiger partial charge in [-0.05, 0) is 42.0 Å². The van der Waals surface area contributed by atoms with Gasteiger partial charge < -0.3 is 20.1 Å². The normalized spacial score (nSPS) is 11.9. The van der Waals surface area contributed by atoms with Gasteiger partial charge in [0.05, 0.1) is 0 Å². The van der Waals surface area contributed by atoms with E-state index in [-0.39, 0.29) is 19.8 Å². The van der Waals surface area contributed by atoms with Gasteiger partial charge >= 0.3 is 0 Å². The first kappa shape index (κ1) is 15.8. The summed E-state index contributed by atoms with van der Waals surface area (Å²) in [6, 6.07) is 10.7. The van der Waals surface area contributed by atoms with Crippen molar-refractivity contribution < 1.29 is 23.5 Å². The molecule has 24 heavy (non-hydrogen) atoms. The molecule has 2 N–H and O–H groups in total. The third-order valence-electron chi connectivity index (χ3n) is 3.38. The predicted octanol–water partition coefficient (Wildman–Crippen LogP) is 2.20. The number of carbonyl (C=O) groups is 2. The van der Waals surface area contributed by atoms with E-state index in [2.05, 4.69) is 10.6 Å².